The lowest BCUT2D eigenvalue weighted by Crippen LogP contribution is -2.09. The highest BCUT2D eigenvalue weighted by Gasteiger charge is 2.03. The summed E-state index contributed by atoms with van der Waals surface area (Å²) < 4.78 is 0. The average Bonchev–Trinajstić information content (AvgIpc) is 2.36. The van der Waals surface area contributed by atoms with Gasteiger partial charge in [0, 0.05) is 22.2 Å². The highest BCUT2D eigenvalue weighted by molar-refractivity contribution is 7.98. The maximum absolute atomic E-state index is 5.97. The van der Waals surface area contributed by atoms with Crippen molar-refractivity contribution in [2.45, 2.75) is 24.1 Å². The first-order valence-electron chi connectivity index (χ1n) is 6.04. The third-order valence-electron chi connectivity index (χ3n) is 2.48. The predicted molar refractivity (Wildman–Crippen MR) is 80.5 cm³/mol. The number of aryl methyl sites for hydroxylation is 1. The summed E-state index contributed by atoms with van der Waals surface area (Å²) in [6, 6.07) is 9.83. The van der Waals surface area contributed by atoms with Crippen molar-refractivity contribution in [1.82, 2.24) is 15.3 Å². The Labute approximate surface area is 122 Å². The van der Waals surface area contributed by atoms with Gasteiger partial charge in [-0.15, -0.1) is 11.8 Å². The van der Waals surface area contributed by atoms with Crippen molar-refractivity contribution in [3.05, 3.63) is 52.6 Å². The Kier molecular flexibility index (Phi) is 5.19. The number of halogens is 1. The zero-order valence-corrected chi connectivity index (χ0v) is 12.6. The number of hydrogen-bond acceptors (Lipinski definition) is 4. The molecule has 3 nitrogen and oxygen atoms in total. The van der Waals surface area contributed by atoms with Gasteiger partial charge in [-0.3, -0.25) is 0 Å². The highest BCUT2D eigenvalue weighted by Crippen LogP contribution is 2.24. The summed E-state index contributed by atoms with van der Waals surface area (Å²) in [4.78, 5) is 10.1. The van der Waals surface area contributed by atoms with Crippen molar-refractivity contribution >= 4 is 23.4 Å². The molecule has 19 heavy (non-hydrogen) atoms. The normalized spacial score (nSPS) is 10.7. The minimum absolute atomic E-state index is 0.749. The molecule has 0 aliphatic rings. The minimum atomic E-state index is 0.749. The van der Waals surface area contributed by atoms with Crippen molar-refractivity contribution in [2.24, 2.45) is 0 Å². The molecule has 0 fully saturated rings. The maximum atomic E-state index is 5.97. The Balaban J connectivity index is 2.06. The van der Waals surface area contributed by atoms with E-state index in [0.29, 0.717) is 0 Å². The third kappa shape index (κ3) is 4.49. The van der Waals surface area contributed by atoms with E-state index in [1.54, 1.807) is 11.8 Å². The van der Waals surface area contributed by atoms with Gasteiger partial charge >= 0.3 is 0 Å². The molecule has 0 unspecified atom stereocenters. The highest BCUT2D eigenvalue weighted by atomic mass is 35.5. The summed E-state index contributed by atoms with van der Waals surface area (Å²) in [7, 11) is 1.91. The summed E-state index contributed by atoms with van der Waals surface area (Å²) in [6.45, 7) is 2.76. The first-order chi connectivity index (χ1) is 9.17. The molecule has 0 bridgehead atoms. The molecule has 0 amide bonds. The maximum Gasteiger partial charge on any atom is 0.139 e. The van der Waals surface area contributed by atoms with Crippen molar-refractivity contribution in [2.75, 3.05) is 7.05 Å². The van der Waals surface area contributed by atoms with Gasteiger partial charge in [0.15, 0.2) is 0 Å². The van der Waals surface area contributed by atoms with Gasteiger partial charge in [-0.05, 0) is 38.2 Å². The molecule has 1 aromatic heterocycles. The van der Waals surface area contributed by atoms with Gasteiger partial charge in [-0.25, -0.2) is 9.97 Å². The van der Waals surface area contributed by atoms with Gasteiger partial charge in [0.2, 0.25) is 0 Å². The van der Waals surface area contributed by atoms with Crippen LogP contribution < -0.4 is 5.32 Å². The van der Waals surface area contributed by atoms with E-state index in [9.17, 15) is 0 Å². The van der Waals surface area contributed by atoms with Crippen LogP contribution in [0.3, 0.4) is 0 Å². The lowest BCUT2D eigenvalue weighted by molar-refractivity contribution is 0.773. The number of nitrogens with zero attached hydrogens (tertiary/aromatic N) is 2. The molecule has 1 heterocycles. The Morgan fingerprint density at radius 3 is 2.84 bits per heavy atom. The summed E-state index contributed by atoms with van der Waals surface area (Å²) in [5, 5.41) is 3.86. The molecule has 5 heteroatoms. The zero-order chi connectivity index (χ0) is 13.7. The second-order valence-corrected chi connectivity index (χ2v) is 5.68. The second-order valence-electron chi connectivity index (χ2n) is 4.19. The third-order valence-corrected chi connectivity index (χ3v) is 3.70. The van der Waals surface area contributed by atoms with E-state index in [1.165, 1.54) is 0 Å². The molecule has 0 aliphatic heterocycles. The smallest absolute Gasteiger partial charge is 0.139 e. The molecule has 0 saturated carbocycles. The molecule has 2 aromatic rings. The summed E-state index contributed by atoms with van der Waals surface area (Å²) >= 11 is 7.66. The van der Waals surface area contributed by atoms with Crippen LogP contribution in [0.25, 0.3) is 0 Å². The van der Waals surface area contributed by atoms with Crippen LogP contribution >= 0.6 is 23.4 Å². The molecule has 0 aliphatic carbocycles. The van der Waals surface area contributed by atoms with E-state index in [2.05, 4.69) is 15.3 Å². The van der Waals surface area contributed by atoms with E-state index in [4.69, 9.17) is 11.6 Å². The van der Waals surface area contributed by atoms with E-state index in [-0.39, 0.29) is 0 Å². The van der Waals surface area contributed by atoms with Gasteiger partial charge < -0.3 is 5.32 Å². The fourth-order valence-corrected chi connectivity index (χ4v) is 2.81. The Hall–Kier alpha value is -1.10. The summed E-state index contributed by atoms with van der Waals surface area (Å²) in [6.07, 6.45) is 0. The molecule has 0 radical (unpaired) electrons. The lowest BCUT2D eigenvalue weighted by Gasteiger charge is -2.06. The Morgan fingerprint density at radius 2 is 2.11 bits per heavy atom. The van der Waals surface area contributed by atoms with Crippen LogP contribution in [0.5, 0.6) is 0 Å². The summed E-state index contributed by atoms with van der Waals surface area (Å²) in [5.41, 5.74) is 2.03. The number of rotatable bonds is 5. The molecule has 0 saturated heterocycles. The van der Waals surface area contributed by atoms with Crippen LogP contribution in [0, 0.1) is 6.92 Å². The van der Waals surface area contributed by atoms with Crippen LogP contribution in [-0.2, 0) is 12.3 Å². The zero-order valence-electron chi connectivity index (χ0n) is 11.0. The van der Waals surface area contributed by atoms with Crippen molar-refractivity contribution in [3.8, 4) is 0 Å². The van der Waals surface area contributed by atoms with Crippen LogP contribution in [0.2, 0.25) is 5.02 Å². The largest absolute Gasteiger partial charge is 0.314 e. The fourth-order valence-electron chi connectivity index (χ4n) is 1.74. The number of thioether (sulfide) groups is 1. The van der Waals surface area contributed by atoms with Gasteiger partial charge in [-0.2, -0.15) is 0 Å². The lowest BCUT2D eigenvalue weighted by atomic mass is 10.3. The molecule has 2 rings (SSSR count). The van der Waals surface area contributed by atoms with Crippen LogP contribution in [0.15, 0.2) is 35.2 Å². The Morgan fingerprint density at radius 1 is 1.26 bits per heavy atom. The molecule has 1 N–H and O–H groups in total. The first-order valence-corrected chi connectivity index (χ1v) is 7.40. The number of hydrogen-bond donors (Lipinski definition) is 1. The van der Waals surface area contributed by atoms with Crippen molar-refractivity contribution in [3.63, 3.8) is 0 Å². The number of benzene rings is 1. The Bertz CT molecular complexity index is 560. The van der Waals surface area contributed by atoms with E-state index in [0.717, 1.165) is 39.4 Å². The van der Waals surface area contributed by atoms with Gasteiger partial charge in [0.1, 0.15) is 5.82 Å². The molecular weight excluding hydrogens is 278 g/mol. The van der Waals surface area contributed by atoms with Crippen LogP contribution in [0.1, 0.15) is 17.2 Å². The van der Waals surface area contributed by atoms with Gasteiger partial charge in [-0.1, -0.05) is 17.7 Å². The van der Waals surface area contributed by atoms with Crippen molar-refractivity contribution < 1.29 is 0 Å². The standard InChI is InChI=1S/C14H16ClN3S/c1-10-6-12(8-16-2)18-14(17-10)9-19-13-5-3-4-11(15)7-13/h3-7,16H,8-9H2,1-2H3. The molecule has 100 valence electrons. The summed E-state index contributed by atoms with van der Waals surface area (Å²) in [5.74, 6) is 1.61. The van der Waals surface area contributed by atoms with E-state index in [1.807, 2.05) is 44.3 Å². The first kappa shape index (κ1) is 14.3. The van der Waals surface area contributed by atoms with Crippen molar-refractivity contribution in [1.29, 1.82) is 0 Å². The van der Waals surface area contributed by atoms with E-state index >= 15 is 0 Å². The molecule has 1 aromatic carbocycles. The van der Waals surface area contributed by atoms with Crippen LogP contribution in [-0.4, -0.2) is 17.0 Å². The molecule has 0 spiro atoms. The van der Waals surface area contributed by atoms with E-state index < -0.39 is 0 Å². The van der Waals surface area contributed by atoms with Gasteiger partial charge in [0.05, 0.1) is 11.4 Å². The quantitative estimate of drug-likeness (QED) is 0.857. The number of aromatic nitrogens is 2. The fraction of sp³-hybridized carbons (Fsp3) is 0.286. The average molecular weight is 294 g/mol. The molecular formula is C14H16ClN3S. The predicted octanol–water partition coefficient (Wildman–Crippen LogP) is 3.45. The minimum Gasteiger partial charge on any atom is -0.314 e. The van der Waals surface area contributed by atoms with Crippen LogP contribution in [0.4, 0.5) is 0 Å². The monoisotopic (exact) mass is 293 g/mol. The SMILES string of the molecule is CNCc1cc(C)nc(CSc2cccc(Cl)c2)n1. The topological polar surface area (TPSA) is 37.8 Å². The molecule has 0 atom stereocenters. The number of nitrogens with one attached hydrogen (secondary N) is 1. The van der Waals surface area contributed by atoms with Gasteiger partial charge in [0.25, 0.3) is 0 Å². The second kappa shape index (κ2) is 6.89.